The van der Waals surface area contributed by atoms with E-state index in [0.717, 1.165) is 11.3 Å². The van der Waals surface area contributed by atoms with Crippen LogP contribution in [-0.2, 0) is 9.59 Å². The second kappa shape index (κ2) is 8.13. The Bertz CT molecular complexity index is 982. The molecule has 1 aromatic carbocycles. The predicted octanol–water partition coefficient (Wildman–Crippen LogP) is 2.43. The number of allylic oxidation sites excluding steroid dienone is 2. The van der Waals surface area contributed by atoms with Crippen molar-refractivity contribution in [3.05, 3.63) is 72.1 Å². The Labute approximate surface area is 173 Å². The van der Waals surface area contributed by atoms with Crippen LogP contribution < -0.4 is 16.0 Å². The fourth-order valence-electron chi connectivity index (χ4n) is 3.75. The van der Waals surface area contributed by atoms with Crippen LogP contribution in [0, 0.1) is 0 Å². The van der Waals surface area contributed by atoms with Gasteiger partial charge in [0.25, 0.3) is 0 Å². The number of amides is 1. The van der Waals surface area contributed by atoms with Gasteiger partial charge in [0, 0.05) is 25.0 Å². The lowest BCUT2D eigenvalue weighted by molar-refractivity contribution is -0.119. The van der Waals surface area contributed by atoms with E-state index in [1.54, 1.807) is 28.1 Å². The van der Waals surface area contributed by atoms with Gasteiger partial charge in [0.15, 0.2) is 0 Å². The third kappa shape index (κ3) is 4.05. The number of nitrogens with one attached hydrogen (secondary N) is 1. The van der Waals surface area contributed by atoms with Gasteiger partial charge in [-0.05, 0) is 48.2 Å². The molecule has 150 valence electrons. The number of hydrogen-bond donors (Lipinski definition) is 2. The molecule has 1 saturated heterocycles. The molecule has 0 bridgehead atoms. The SMILES string of the molecule is NC1=CC=C(CC(C(=O)Cl)c2cn(C3CCN(c4ccccc4)C3=O)cn2)CN1. The Balaban J connectivity index is 1.51. The summed E-state index contributed by atoms with van der Waals surface area (Å²) in [7, 11) is 0. The van der Waals surface area contributed by atoms with Gasteiger partial charge >= 0.3 is 0 Å². The molecule has 2 aromatic rings. The van der Waals surface area contributed by atoms with E-state index in [2.05, 4.69) is 10.3 Å². The summed E-state index contributed by atoms with van der Waals surface area (Å²) in [6.07, 6.45) is 8.18. The molecule has 0 radical (unpaired) electrons. The van der Waals surface area contributed by atoms with Crippen molar-refractivity contribution in [2.24, 2.45) is 5.73 Å². The molecule has 0 aliphatic carbocycles. The van der Waals surface area contributed by atoms with Gasteiger partial charge in [0.05, 0.1) is 23.8 Å². The van der Waals surface area contributed by atoms with Crippen molar-refractivity contribution in [2.45, 2.75) is 24.8 Å². The summed E-state index contributed by atoms with van der Waals surface area (Å²) in [4.78, 5) is 31.2. The molecule has 4 rings (SSSR count). The van der Waals surface area contributed by atoms with Gasteiger partial charge in [-0.25, -0.2) is 4.98 Å². The van der Waals surface area contributed by atoms with Crippen LogP contribution in [0.5, 0.6) is 0 Å². The van der Waals surface area contributed by atoms with Gasteiger partial charge < -0.3 is 20.5 Å². The van der Waals surface area contributed by atoms with Gasteiger partial charge in [0.2, 0.25) is 11.1 Å². The molecule has 0 spiro atoms. The van der Waals surface area contributed by atoms with Crippen LogP contribution in [0.25, 0.3) is 0 Å². The lowest BCUT2D eigenvalue weighted by Gasteiger charge is -2.18. The first-order valence-electron chi connectivity index (χ1n) is 9.51. The van der Waals surface area contributed by atoms with E-state index in [1.807, 2.05) is 36.4 Å². The average Bonchev–Trinajstić information content (AvgIpc) is 3.34. The number of imidazole rings is 1. The molecule has 7 nitrogen and oxygen atoms in total. The Kier molecular flexibility index (Phi) is 5.40. The third-order valence-electron chi connectivity index (χ3n) is 5.34. The number of carbonyl (C=O) groups is 2. The zero-order chi connectivity index (χ0) is 20.4. The highest BCUT2D eigenvalue weighted by molar-refractivity contribution is 6.64. The quantitative estimate of drug-likeness (QED) is 0.712. The topological polar surface area (TPSA) is 93.3 Å². The van der Waals surface area contributed by atoms with E-state index < -0.39 is 11.2 Å². The van der Waals surface area contributed by atoms with Crippen molar-refractivity contribution in [3.63, 3.8) is 0 Å². The van der Waals surface area contributed by atoms with Crippen molar-refractivity contribution in [1.82, 2.24) is 14.9 Å². The highest BCUT2D eigenvalue weighted by Gasteiger charge is 2.34. The molecule has 1 amide bonds. The highest BCUT2D eigenvalue weighted by Crippen LogP contribution is 2.31. The smallest absolute Gasteiger partial charge is 0.250 e. The number of carbonyl (C=O) groups excluding carboxylic acids is 2. The van der Waals surface area contributed by atoms with Gasteiger partial charge in [0.1, 0.15) is 6.04 Å². The van der Waals surface area contributed by atoms with Crippen molar-refractivity contribution < 1.29 is 9.59 Å². The van der Waals surface area contributed by atoms with E-state index in [-0.39, 0.29) is 11.9 Å². The first-order chi connectivity index (χ1) is 14.0. The second-order valence-electron chi connectivity index (χ2n) is 7.24. The van der Waals surface area contributed by atoms with Gasteiger partial charge in [-0.15, -0.1) is 0 Å². The van der Waals surface area contributed by atoms with E-state index >= 15 is 0 Å². The van der Waals surface area contributed by atoms with Crippen molar-refractivity contribution in [2.75, 3.05) is 18.0 Å². The Morgan fingerprint density at radius 1 is 1.31 bits per heavy atom. The average molecular weight is 412 g/mol. The first kappa shape index (κ1) is 19.3. The van der Waals surface area contributed by atoms with Gasteiger partial charge in [-0.1, -0.05) is 24.3 Å². The molecule has 2 atom stereocenters. The van der Waals surface area contributed by atoms with E-state index in [4.69, 9.17) is 17.3 Å². The number of aromatic nitrogens is 2. The van der Waals surface area contributed by atoms with Crippen LogP contribution in [0.4, 0.5) is 5.69 Å². The summed E-state index contributed by atoms with van der Waals surface area (Å²) < 4.78 is 1.79. The molecule has 3 heterocycles. The minimum absolute atomic E-state index is 0.0219. The summed E-state index contributed by atoms with van der Waals surface area (Å²) in [6, 6.07) is 9.28. The normalized spacial score (nSPS) is 20.1. The summed E-state index contributed by atoms with van der Waals surface area (Å²) in [5, 5.41) is 2.57. The fourth-order valence-corrected chi connectivity index (χ4v) is 3.94. The molecule has 1 fully saturated rings. The Morgan fingerprint density at radius 2 is 2.10 bits per heavy atom. The number of anilines is 1. The standard InChI is InChI=1S/C21H22ClN5O2/c22-20(28)16(10-14-6-7-19(23)24-11-14)17-12-26(13-25-17)18-8-9-27(21(18)29)15-4-2-1-3-5-15/h1-7,12-13,16,18,24H,8-11,23H2. The maximum Gasteiger partial charge on any atom is 0.250 e. The largest absolute Gasteiger partial charge is 0.386 e. The highest BCUT2D eigenvalue weighted by atomic mass is 35.5. The first-order valence-corrected chi connectivity index (χ1v) is 9.89. The predicted molar refractivity (Wildman–Crippen MR) is 111 cm³/mol. The number of halogens is 1. The second-order valence-corrected chi connectivity index (χ2v) is 7.61. The summed E-state index contributed by atoms with van der Waals surface area (Å²) in [5.74, 6) is 0.0450. The number of hydrogen-bond acceptors (Lipinski definition) is 5. The number of dihydropyridines is 1. The number of para-hydroxylation sites is 1. The van der Waals surface area contributed by atoms with E-state index in [1.165, 1.54) is 0 Å². The molecule has 2 aliphatic rings. The summed E-state index contributed by atoms with van der Waals surface area (Å²) >= 11 is 5.88. The minimum Gasteiger partial charge on any atom is -0.386 e. The summed E-state index contributed by atoms with van der Waals surface area (Å²) in [6.45, 7) is 1.21. The Hall–Kier alpha value is -3.06. The molecule has 3 N–H and O–H groups in total. The number of rotatable bonds is 6. The maximum atomic E-state index is 12.9. The fraction of sp³-hybridized carbons (Fsp3) is 0.286. The maximum absolute atomic E-state index is 12.9. The van der Waals surface area contributed by atoms with E-state index in [0.29, 0.717) is 37.4 Å². The van der Waals surface area contributed by atoms with Crippen LogP contribution in [0.1, 0.15) is 30.5 Å². The molecular weight excluding hydrogens is 390 g/mol. The van der Waals surface area contributed by atoms with Crippen LogP contribution in [0.3, 0.4) is 0 Å². The number of nitrogens with zero attached hydrogens (tertiary/aromatic N) is 3. The zero-order valence-electron chi connectivity index (χ0n) is 15.8. The number of nitrogens with two attached hydrogens (primary N) is 1. The van der Waals surface area contributed by atoms with Gasteiger partial charge in [-0.3, -0.25) is 9.59 Å². The van der Waals surface area contributed by atoms with Crippen molar-refractivity contribution >= 4 is 28.4 Å². The zero-order valence-corrected chi connectivity index (χ0v) is 16.5. The van der Waals surface area contributed by atoms with Crippen LogP contribution in [-0.4, -0.2) is 33.8 Å². The molecular formula is C21H22ClN5O2. The lowest BCUT2D eigenvalue weighted by atomic mass is 9.96. The lowest BCUT2D eigenvalue weighted by Crippen LogP contribution is -2.27. The van der Waals surface area contributed by atoms with Crippen molar-refractivity contribution in [3.8, 4) is 0 Å². The summed E-state index contributed by atoms with van der Waals surface area (Å²) in [5.41, 5.74) is 8.17. The third-order valence-corrected chi connectivity index (χ3v) is 5.61. The monoisotopic (exact) mass is 411 g/mol. The van der Waals surface area contributed by atoms with Crippen LogP contribution in [0.2, 0.25) is 0 Å². The number of benzene rings is 1. The van der Waals surface area contributed by atoms with Gasteiger partial charge in [-0.2, -0.15) is 0 Å². The molecule has 2 unspecified atom stereocenters. The molecule has 29 heavy (non-hydrogen) atoms. The molecule has 2 aliphatic heterocycles. The molecule has 1 aromatic heterocycles. The molecule has 8 heteroatoms. The van der Waals surface area contributed by atoms with Crippen LogP contribution in [0.15, 0.2) is 66.4 Å². The van der Waals surface area contributed by atoms with E-state index in [9.17, 15) is 9.59 Å². The minimum atomic E-state index is -0.569. The Morgan fingerprint density at radius 3 is 2.79 bits per heavy atom. The van der Waals surface area contributed by atoms with Crippen LogP contribution >= 0.6 is 11.6 Å². The van der Waals surface area contributed by atoms with Crippen molar-refractivity contribution in [1.29, 1.82) is 0 Å². The molecule has 0 saturated carbocycles.